The number of hydrogen-bond acceptors (Lipinski definition) is 0. The molecule has 0 atom stereocenters. The van der Waals surface area contributed by atoms with Crippen molar-refractivity contribution in [3.8, 4) is 0 Å². The summed E-state index contributed by atoms with van der Waals surface area (Å²) in [5, 5.41) is 0. The van der Waals surface area contributed by atoms with Gasteiger partial charge in [0.25, 0.3) is 0 Å². The fourth-order valence-corrected chi connectivity index (χ4v) is 11.9. The van der Waals surface area contributed by atoms with Crippen molar-refractivity contribution in [2.24, 2.45) is 47.3 Å². The molecule has 4 saturated carbocycles. The molecule has 4 aromatic carbocycles. The first kappa shape index (κ1) is 44.9. The molecule has 0 spiro atoms. The van der Waals surface area contributed by atoms with Crippen molar-refractivity contribution >= 4 is 0 Å². The second-order valence-corrected chi connectivity index (χ2v) is 21.2. The molecule has 0 N–H and O–H groups in total. The topological polar surface area (TPSA) is 0 Å². The van der Waals surface area contributed by atoms with Gasteiger partial charge in [-0.1, -0.05) is 175 Å². The van der Waals surface area contributed by atoms with Crippen molar-refractivity contribution in [2.75, 3.05) is 0 Å². The van der Waals surface area contributed by atoms with Crippen LogP contribution in [0.15, 0.2) is 97.1 Å². The van der Waals surface area contributed by atoms with E-state index in [2.05, 4.69) is 125 Å². The van der Waals surface area contributed by atoms with Gasteiger partial charge in [-0.25, -0.2) is 0 Å². The molecule has 0 amide bonds. The Morgan fingerprint density at radius 3 is 0.783 bits per heavy atom. The summed E-state index contributed by atoms with van der Waals surface area (Å²) in [6, 6.07) is 37.9. The fraction of sp³-hybridized carbons (Fsp3) is 0.600. The molecule has 0 unspecified atom stereocenters. The van der Waals surface area contributed by atoms with Gasteiger partial charge in [-0.05, 0) is 196 Å². The zero-order valence-electron chi connectivity index (χ0n) is 38.8. The van der Waals surface area contributed by atoms with E-state index in [1.54, 1.807) is 11.1 Å². The van der Waals surface area contributed by atoms with Crippen LogP contribution in [0, 0.1) is 54.3 Å². The summed E-state index contributed by atoms with van der Waals surface area (Å²) in [4.78, 5) is 0. The fourth-order valence-electron chi connectivity index (χ4n) is 11.9. The number of hydrogen-bond donors (Lipinski definition) is 0. The van der Waals surface area contributed by atoms with Gasteiger partial charge in [0.1, 0.15) is 0 Å². The van der Waals surface area contributed by atoms with Crippen LogP contribution in [0.1, 0.15) is 181 Å². The first-order valence-electron chi connectivity index (χ1n) is 25.6. The van der Waals surface area contributed by atoms with Gasteiger partial charge in [0.05, 0.1) is 0 Å². The molecule has 0 aromatic heterocycles. The molecule has 8 rings (SSSR count). The average Bonchev–Trinajstić information content (AvgIpc) is 3.29. The van der Waals surface area contributed by atoms with Gasteiger partial charge >= 0.3 is 0 Å². The lowest BCUT2D eigenvalue weighted by Crippen LogP contribution is -2.18. The summed E-state index contributed by atoms with van der Waals surface area (Å²) in [5.41, 5.74) is 12.0. The molecular formula is C60H84. The summed E-state index contributed by atoms with van der Waals surface area (Å²) in [7, 11) is 0. The van der Waals surface area contributed by atoms with Crippen molar-refractivity contribution < 1.29 is 0 Å². The number of aryl methyl sites for hydroxylation is 1. The Balaban J connectivity index is 0.000000181. The van der Waals surface area contributed by atoms with Crippen LogP contribution in [0.4, 0.5) is 0 Å². The zero-order chi connectivity index (χ0) is 41.5. The summed E-state index contributed by atoms with van der Waals surface area (Å²) in [6.07, 6.45) is 33.2. The number of rotatable bonds is 14. The van der Waals surface area contributed by atoms with E-state index in [-0.39, 0.29) is 0 Å². The zero-order valence-corrected chi connectivity index (χ0v) is 38.8. The van der Waals surface area contributed by atoms with Crippen LogP contribution < -0.4 is 0 Å². The molecule has 0 heterocycles. The standard InChI is InChI=1S/2C30H42/c2*1-3-24-8-10-26(11-9-24)21-28-16-18-30(19-17-28)22-29-14-12-27(13-15-29)20-25-6-4-23(2)5-7-25/h12-19,23-26H,3-11,20-22H2,1-2H3;4-7,16-19,24,26-27,29H,3,8-15,20-22H2,1-2H3. The van der Waals surface area contributed by atoms with E-state index in [1.165, 1.54) is 181 Å². The van der Waals surface area contributed by atoms with Crippen molar-refractivity contribution in [1.82, 2.24) is 0 Å². The Kier molecular flexibility index (Phi) is 17.5. The highest BCUT2D eigenvalue weighted by Gasteiger charge is 2.24. The van der Waals surface area contributed by atoms with Crippen LogP contribution >= 0.6 is 0 Å². The normalized spacial score (nSPS) is 27.1. The predicted molar refractivity (Wildman–Crippen MR) is 260 cm³/mol. The maximum Gasteiger partial charge on any atom is -0.00258 e. The molecule has 4 aliphatic rings. The molecule has 324 valence electrons. The third-order valence-corrected chi connectivity index (χ3v) is 16.4. The number of benzene rings is 4. The van der Waals surface area contributed by atoms with Crippen LogP contribution in [0.3, 0.4) is 0 Å². The van der Waals surface area contributed by atoms with E-state index in [0.717, 1.165) is 53.8 Å². The summed E-state index contributed by atoms with van der Waals surface area (Å²) >= 11 is 0. The van der Waals surface area contributed by atoms with E-state index >= 15 is 0 Å². The Labute approximate surface area is 369 Å². The van der Waals surface area contributed by atoms with Gasteiger partial charge in [-0.2, -0.15) is 0 Å². The van der Waals surface area contributed by atoms with Gasteiger partial charge in [0, 0.05) is 0 Å². The van der Waals surface area contributed by atoms with Crippen LogP contribution in [0.25, 0.3) is 0 Å². The summed E-state index contributed by atoms with van der Waals surface area (Å²) < 4.78 is 0. The molecule has 60 heavy (non-hydrogen) atoms. The molecule has 0 radical (unpaired) electrons. The van der Waals surface area contributed by atoms with E-state index in [1.807, 2.05) is 0 Å². The van der Waals surface area contributed by atoms with E-state index in [4.69, 9.17) is 0 Å². The molecule has 4 fully saturated rings. The van der Waals surface area contributed by atoms with Gasteiger partial charge in [-0.15, -0.1) is 0 Å². The van der Waals surface area contributed by atoms with E-state index in [9.17, 15) is 0 Å². The smallest absolute Gasteiger partial charge is 0.00258 e. The first-order valence-corrected chi connectivity index (χ1v) is 25.6. The van der Waals surface area contributed by atoms with Crippen molar-refractivity contribution in [3.05, 3.63) is 142 Å². The minimum Gasteiger partial charge on any atom is -0.0651 e. The quantitative estimate of drug-likeness (QED) is 0.119. The van der Waals surface area contributed by atoms with E-state index in [0.29, 0.717) is 0 Å². The Bertz CT molecular complexity index is 1750. The Morgan fingerprint density at radius 2 is 0.517 bits per heavy atom. The Morgan fingerprint density at radius 1 is 0.300 bits per heavy atom. The predicted octanol–water partition coefficient (Wildman–Crippen LogP) is 16.8. The molecule has 0 nitrogen and oxygen atoms in total. The lowest BCUT2D eigenvalue weighted by atomic mass is 9.77. The minimum absolute atomic E-state index is 0.897. The highest BCUT2D eigenvalue weighted by atomic mass is 14.3. The monoisotopic (exact) mass is 805 g/mol. The third-order valence-electron chi connectivity index (χ3n) is 16.4. The van der Waals surface area contributed by atoms with Gasteiger partial charge in [-0.3, -0.25) is 0 Å². The maximum absolute atomic E-state index is 2.44. The summed E-state index contributed by atoms with van der Waals surface area (Å²) in [5.74, 6) is 7.52. The van der Waals surface area contributed by atoms with Crippen LogP contribution in [-0.2, 0) is 38.5 Å². The van der Waals surface area contributed by atoms with Crippen LogP contribution in [0.5, 0.6) is 0 Å². The largest absolute Gasteiger partial charge is 0.0651 e. The molecule has 0 aliphatic heterocycles. The van der Waals surface area contributed by atoms with Gasteiger partial charge in [0.15, 0.2) is 0 Å². The van der Waals surface area contributed by atoms with Crippen molar-refractivity contribution in [2.45, 2.75) is 182 Å². The molecule has 4 aliphatic carbocycles. The average molecular weight is 805 g/mol. The maximum atomic E-state index is 2.44. The lowest BCUT2D eigenvalue weighted by molar-refractivity contribution is 0.268. The third kappa shape index (κ3) is 14.5. The van der Waals surface area contributed by atoms with Crippen LogP contribution in [-0.4, -0.2) is 0 Å². The van der Waals surface area contributed by atoms with Crippen molar-refractivity contribution in [3.63, 3.8) is 0 Å². The SMILES string of the molecule is CCC1CCC(Cc2ccc(CC3CCC(Cc4ccc(C)cc4)CC3)cc2)CC1.CCC1CCC(Cc2ccc(Cc3ccc(CC4CCC(C)CC4)cc3)cc2)CC1. The lowest BCUT2D eigenvalue weighted by Gasteiger charge is -2.29. The molecular weight excluding hydrogens is 721 g/mol. The second kappa shape index (κ2) is 23.4. The van der Waals surface area contributed by atoms with Crippen LogP contribution in [0.2, 0.25) is 0 Å². The molecule has 4 aromatic rings. The Hall–Kier alpha value is -3.12. The second-order valence-electron chi connectivity index (χ2n) is 21.2. The highest BCUT2D eigenvalue weighted by Crippen LogP contribution is 2.36. The molecule has 0 heteroatoms. The first-order chi connectivity index (χ1) is 29.3. The van der Waals surface area contributed by atoms with E-state index < -0.39 is 0 Å². The van der Waals surface area contributed by atoms with Gasteiger partial charge in [0.2, 0.25) is 0 Å². The van der Waals surface area contributed by atoms with Gasteiger partial charge < -0.3 is 0 Å². The summed E-state index contributed by atoms with van der Waals surface area (Å²) in [6.45, 7) is 9.31. The van der Waals surface area contributed by atoms with Crippen molar-refractivity contribution in [1.29, 1.82) is 0 Å². The molecule has 0 bridgehead atoms. The molecule has 0 saturated heterocycles. The minimum atomic E-state index is 0.897. The highest BCUT2D eigenvalue weighted by molar-refractivity contribution is 5.31.